The largest absolute Gasteiger partial charge is 0.396 e. The lowest BCUT2D eigenvalue weighted by Crippen LogP contribution is -2.35. The summed E-state index contributed by atoms with van der Waals surface area (Å²) in [5.74, 6) is -3.14. The van der Waals surface area contributed by atoms with Crippen molar-refractivity contribution in [3.63, 3.8) is 0 Å². The molecular formula is C37H65F3N2O4. The van der Waals surface area contributed by atoms with E-state index in [4.69, 9.17) is 5.11 Å². The Labute approximate surface area is 277 Å². The van der Waals surface area contributed by atoms with Gasteiger partial charge < -0.3 is 15.7 Å². The molecule has 1 aliphatic carbocycles. The van der Waals surface area contributed by atoms with Gasteiger partial charge in [0.2, 0.25) is 0 Å². The third-order valence-corrected chi connectivity index (χ3v) is 8.79. The lowest BCUT2D eigenvalue weighted by Gasteiger charge is -2.05. The van der Waals surface area contributed by atoms with Crippen molar-refractivity contribution >= 4 is 11.8 Å². The Kier molecular flexibility index (Phi) is 27.9. The maximum atomic E-state index is 14.2. The van der Waals surface area contributed by atoms with Crippen LogP contribution >= 0.6 is 0 Å². The van der Waals surface area contributed by atoms with Gasteiger partial charge in [0.25, 0.3) is 11.8 Å². The molecule has 268 valence electrons. The fourth-order valence-corrected chi connectivity index (χ4v) is 5.72. The summed E-state index contributed by atoms with van der Waals surface area (Å²) >= 11 is 0. The normalized spacial score (nSPS) is 16.5. The number of halogens is 3. The molecule has 0 aliphatic heterocycles. The molecule has 0 bridgehead atoms. The molecule has 1 aliphatic rings. The number of unbranched alkanes of at least 4 members (excludes halogenated alkanes) is 24. The van der Waals surface area contributed by atoms with Crippen LogP contribution in [0.25, 0.3) is 0 Å². The molecule has 0 aromatic heterocycles. The van der Waals surface area contributed by atoms with Crippen molar-refractivity contribution in [1.29, 1.82) is 0 Å². The molecule has 1 rings (SSSR count). The summed E-state index contributed by atoms with van der Waals surface area (Å²) in [6, 6.07) is -0.739. The standard InChI is InChI=1S/C37H65F3N2O4/c38-32(27-23-19-15-11-7-3-1-5-9-13-17-21-25-29-43)36(44)41-34-31-35(34)42-37(45)33(39)28-24-20-16-12-8-4-2-6-10-14-18-22-26-30-46-40/h27-28,34-35,43H,1-26,29-31H2,(H,41,44)(H,42,45)/b32-27+,33-28+. The number of allylic oxidation sites excluding steroid dienone is 2. The lowest BCUT2D eigenvalue weighted by atomic mass is 10.0. The Morgan fingerprint density at radius 1 is 0.543 bits per heavy atom. The zero-order valence-corrected chi connectivity index (χ0v) is 28.6. The number of aliphatic hydroxyl groups is 1. The molecule has 2 amide bonds. The van der Waals surface area contributed by atoms with Crippen LogP contribution in [0.1, 0.15) is 173 Å². The number of amides is 2. The number of nitrogens with one attached hydrogen (secondary N) is 2. The third-order valence-electron chi connectivity index (χ3n) is 8.79. The summed E-state index contributed by atoms with van der Waals surface area (Å²) < 4.78 is 39.9. The third kappa shape index (κ3) is 25.2. The van der Waals surface area contributed by atoms with Gasteiger partial charge in [-0.1, -0.05) is 128 Å². The van der Waals surface area contributed by atoms with E-state index in [1.54, 1.807) is 0 Å². The maximum Gasteiger partial charge on any atom is 0.279 e. The Morgan fingerprint density at radius 3 is 1.17 bits per heavy atom. The van der Waals surface area contributed by atoms with Gasteiger partial charge in [-0.15, -0.1) is 0 Å². The Morgan fingerprint density at radius 2 is 0.848 bits per heavy atom. The topological polar surface area (TPSA) is 87.7 Å². The van der Waals surface area contributed by atoms with Crippen molar-refractivity contribution in [2.75, 3.05) is 13.2 Å². The number of hydrogen-bond acceptors (Lipinski definition) is 4. The molecule has 0 aromatic rings. The van der Waals surface area contributed by atoms with E-state index in [1.165, 1.54) is 95.6 Å². The van der Waals surface area contributed by atoms with E-state index in [1.807, 2.05) is 0 Å². The minimum atomic E-state index is -0.800. The quantitative estimate of drug-likeness (QED) is 0.0484. The van der Waals surface area contributed by atoms with Gasteiger partial charge in [0.05, 0.1) is 18.7 Å². The SMILES string of the molecule is O=C(NC1CC1NC(=O)/C(F)=C\CCCCCCCCCCCCCCOF)/C(F)=C\CCCCCCCCCCCCCCO. The summed E-state index contributed by atoms with van der Waals surface area (Å²) in [4.78, 5) is 27.8. The maximum absolute atomic E-state index is 14.2. The number of rotatable bonds is 33. The molecule has 2 atom stereocenters. The van der Waals surface area contributed by atoms with Crippen LogP contribution in [0, 0.1) is 0 Å². The predicted octanol–water partition coefficient (Wildman–Crippen LogP) is 10.1. The van der Waals surface area contributed by atoms with Gasteiger partial charge in [-0.25, -0.2) is 8.78 Å². The molecule has 1 fully saturated rings. The smallest absolute Gasteiger partial charge is 0.279 e. The molecule has 0 radical (unpaired) electrons. The molecule has 0 heterocycles. The van der Waals surface area contributed by atoms with Gasteiger partial charge >= 0.3 is 0 Å². The van der Waals surface area contributed by atoms with E-state index in [0.717, 1.165) is 70.6 Å². The van der Waals surface area contributed by atoms with Crippen LogP contribution in [0.15, 0.2) is 23.8 Å². The molecule has 0 saturated heterocycles. The van der Waals surface area contributed by atoms with Gasteiger partial charge in [-0.3, -0.25) is 9.59 Å². The van der Waals surface area contributed by atoms with Crippen LogP contribution in [0.5, 0.6) is 0 Å². The summed E-state index contributed by atoms with van der Waals surface area (Å²) in [5.41, 5.74) is 0. The van der Waals surface area contributed by atoms with Crippen molar-refractivity contribution in [3.8, 4) is 0 Å². The van der Waals surface area contributed by atoms with Gasteiger partial charge in [-0.05, 0) is 61.6 Å². The highest BCUT2D eigenvalue weighted by atomic mass is 19.3. The Bertz CT molecular complexity index is 824. The predicted molar refractivity (Wildman–Crippen MR) is 181 cm³/mol. The summed E-state index contributed by atoms with van der Waals surface area (Å²) in [6.07, 6.45) is 31.0. The fraction of sp³-hybridized carbons (Fsp3) is 0.838. The first kappa shape index (κ1) is 42.2. The molecule has 46 heavy (non-hydrogen) atoms. The second-order valence-corrected chi connectivity index (χ2v) is 13.1. The first-order valence-electron chi connectivity index (χ1n) is 18.7. The van der Waals surface area contributed by atoms with E-state index < -0.39 is 23.5 Å². The summed E-state index contributed by atoms with van der Waals surface area (Å²) in [6.45, 7) is 0.503. The molecule has 2 unspecified atom stereocenters. The zero-order valence-electron chi connectivity index (χ0n) is 28.6. The Hall–Kier alpha value is -1.87. The zero-order chi connectivity index (χ0) is 33.5. The van der Waals surface area contributed by atoms with Gasteiger partial charge in [0.15, 0.2) is 11.7 Å². The molecule has 0 aromatic carbocycles. The van der Waals surface area contributed by atoms with Crippen LogP contribution in [-0.4, -0.2) is 42.2 Å². The van der Waals surface area contributed by atoms with Crippen LogP contribution in [-0.2, 0) is 14.5 Å². The lowest BCUT2D eigenvalue weighted by molar-refractivity contribution is -0.133. The molecule has 6 nitrogen and oxygen atoms in total. The highest BCUT2D eigenvalue weighted by Gasteiger charge is 2.40. The molecule has 1 saturated carbocycles. The molecule has 9 heteroatoms. The fourth-order valence-electron chi connectivity index (χ4n) is 5.72. The number of aliphatic hydroxyl groups excluding tert-OH is 1. The summed E-state index contributed by atoms with van der Waals surface area (Å²) in [7, 11) is 0. The van der Waals surface area contributed by atoms with Crippen LogP contribution in [0.3, 0.4) is 0 Å². The van der Waals surface area contributed by atoms with Crippen molar-refractivity contribution < 1.29 is 32.9 Å². The van der Waals surface area contributed by atoms with Crippen molar-refractivity contribution in [2.24, 2.45) is 0 Å². The van der Waals surface area contributed by atoms with Gasteiger partial charge in [-0.2, -0.15) is 4.94 Å². The second kappa shape index (κ2) is 30.5. The number of hydrogen-bond donors (Lipinski definition) is 3. The monoisotopic (exact) mass is 658 g/mol. The highest BCUT2D eigenvalue weighted by molar-refractivity contribution is 5.93. The number of carbonyl (C=O) groups excluding carboxylic acids is 2. The summed E-state index contributed by atoms with van der Waals surface area (Å²) in [5, 5.41) is 13.9. The molecule has 0 spiro atoms. The van der Waals surface area contributed by atoms with Gasteiger partial charge in [0.1, 0.15) is 0 Å². The van der Waals surface area contributed by atoms with Crippen LogP contribution in [0.2, 0.25) is 0 Å². The van der Waals surface area contributed by atoms with E-state index in [2.05, 4.69) is 15.6 Å². The van der Waals surface area contributed by atoms with Crippen LogP contribution in [0.4, 0.5) is 13.3 Å². The number of carbonyl (C=O) groups is 2. The molecule has 3 N–H and O–H groups in total. The highest BCUT2D eigenvalue weighted by Crippen LogP contribution is 2.23. The van der Waals surface area contributed by atoms with E-state index >= 15 is 0 Å². The van der Waals surface area contributed by atoms with Crippen molar-refractivity contribution in [1.82, 2.24) is 10.6 Å². The van der Waals surface area contributed by atoms with Crippen LogP contribution < -0.4 is 10.6 Å². The van der Waals surface area contributed by atoms with Crippen molar-refractivity contribution in [2.45, 2.75) is 185 Å². The van der Waals surface area contributed by atoms with E-state index in [0.29, 0.717) is 25.9 Å². The second-order valence-electron chi connectivity index (χ2n) is 13.1. The van der Waals surface area contributed by atoms with Crippen molar-refractivity contribution in [3.05, 3.63) is 23.8 Å². The van der Waals surface area contributed by atoms with E-state index in [9.17, 15) is 22.9 Å². The van der Waals surface area contributed by atoms with E-state index in [-0.39, 0.29) is 18.7 Å². The minimum absolute atomic E-state index is 0.204. The Balaban J connectivity index is 1.97. The first-order chi connectivity index (χ1) is 22.5. The average Bonchev–Trinajstić information content (AvgIpc) is 3.78. The average molecular weight is 659 g/mol. The first-order valence-corrected chi connectivity index (χ1v) is 18.7. The minimum Gasteiger partial charge on any atom is -0.396 e. The molecular weight excluding hydrogens is 593 g/mol. The van der Waals surface area contributed by atoms with Gasteiger partial charge in [0, 0.05) is 6.61 Å².